The zero-order valence-electron chi connectivity index (χ0n) is 18.4. The van der Waals surface area contributed by atoms with E-state index >= 15 is 0 Å². The van der Waals surface area contributed by atoms with Gasteiger partial charge in [-0.2, -0.15) is 9.62 Å². The van der Waals surface area contributed by atoms with Crippen LogP contribution in [-0.4, -0.2) is 17.1 Å². The molecule has 0 radical (unpaired) electrons. The van der Waals surface area contributed by atoms with Crippen molar-refractivity contribution in [1.29, 1.82) is 5.26 Å². The van der Waals surface area contributed by atoms with Crippen LogP contribution in [0, 0.1) is 17.1 Å². The molecule has 0 saturated carbocycles. The molecular weight excluding hydrogens is 479 g/mol. The lowest BCUT2D eigenvalue weighted by molar-refractivity contribution is 0.0946. The lowest BCUT2D eigenvalue weighted by Gasteiger charge is -2.18. The van der Waals surface area contributed by atoms with E-state index in [1.807, 2.05) is 6.26 Å². The first-order chi connectivity index (χ1) is 15.6. The molecule has 1 atom stereocenters. The summed E-state index contributed by atoms with van der Waals surface area (Å²) in [5.41, 5.74) is 0.617. The smallest absolute Gasteiger partial charge is 0.254 e. The van der Waals surface area contributed by atoms with Gasteiger partial charge in [-0.05, 0) is 55.5 Å². The first-order valence-electron chi connectivity index (χ1n) is 9.88. The van der Waals surface area contributed by atoms with Crippen LogP contribution in [0.1, 0.15) is 40.2 Å². The molecular formula is C24H22ClFN4OS2. The van der Waals surface area contributed by atoms with Crippen LogP contribution < -0.4 is 5.32 Å². The molecule has 0 saturated heterocycles. The predicted molar refractivity (Wildman–Crippen MR) is 134 cm³/mol. The molecule has 5 nitrogen and oxygen atoms in total. The van der Waals surface area contributed by atoms with E-state index in [1.54, 1.807) is 50.4 Å². The molecule has 170 valence electrons. The van der Waals surface area contributed by atoms with Gasteiger partial charge in [0.05, 0.1) is 17.0 Å². The molecule has 1 N–H and O–H groups in total. The highest BCUT2D eigenvalue weighted by Crippen LogP contribution is 2.30. The van der Waals surface area contributed by atoms with Gasteiger partial charge in [0.1, 0.15) is 5.82 Å². The quantitative estimate of drug-likeness (QED) is 0.406. The normalized spacial score (nSPS) is 12.2. The third kappa shape index (κ3) is 5.93. The first-order valence-corrected chi connectivity index (χ1v) is 12.7. The Balaban J connectivity index is 1.73. The van der Waals surface area contributed by atoms with Crippen molar-refractivity contribution in [3.05, 3.63) is 81.6 Å². The van der Waals surface area contributed by atoms with E-state index in [0.29, 0.717) is 20.6 Å². The number of thiazole rings is 1. The summed E-state index contributed by atoms with van der Waals surface area (Å²) in [6.45, 7) is 7.42. The Morgan fingerprint density at radius 2 is 2.15 bits per heavy atom. The van der Waals surface area contributed by atoms with Crippen LogP contribution in [-0.2, 0) is 22.7 Å². The highest BCUT2D eigenvalue weighted by atomic mass is 35.5. The molecule has 1 heterocycles. The molecule has 0 aliphatic carbocycles. The molecule has 1 aromatic heterocycles. The Labute approximate surface area is 204 Å². The second kappa shape index (κ2) is 10.4. The average Bonchev–Trinajstić information content (AvgIpc) is 3.25. The number of rotatable bonds is 7. The highest BCUT2D eigenvalue weighted by Gasteiger charge is 2.23. The summed E-state index contributed by atoms with van der Waals surface area (Å²) >= 11 is 7.64. The molecule has 9 heteroatoms. The maximum absolute atomic E-state index is 14.7. The zero-order valence-corrected chi connectivity index (χ0v) is 20.7. The molecule has 0 fully saturated rings. The van der Waals surface area contributed by atoms with Crippen LogP contribution in [0.5, 0.6) is 0 Å². The van der Waals surface area contributed by atoms with Gasteiger partial charge in [-0.3, -0.25) is 4.79 Å². The molecule has 33 heavy (non-hydrogen) atoms. The largest absolute Gasteiger partial charge is 0.348 e. The van der Waals surface area contributed by atoms with Crippen LogP contribution in [0.15, 0.2) is 58.4 Å². The van der Waals surface area contributed by atoms with Gasteiger partial charge in [0.2, 0.25) is 5.13 Å². The van der Waals surface area contributed by atoms with Gasteiger partial charge in [-0.15, -0.1) is 0 Å². The molecule has 3 rings (SSSR count). The summed E-state index contributed by atoms with van der Waals surface area (Å²) < 4.78 is 19.2. The van der Waals surface area contributed by atoms with Crippen molar-refractivity contribution in [1.82, 2.24) is 10.3 Å². The van der Waals surface area contributed by atoms with E-state index in [9.17, 15) is 14.4 Å². The Hall–Kier alpha value is -2.86. The van der Waals surface area contributed by atoms with Crippen molar-refractivity contribution in [3.63, 3.8) is 0 Å². The minimum atomic E-state index is -0.770. The Bertz CT molecular complexity index is 1290. The van der Waals surface area contributed by atoms with Crippen molar-refractivity contribution in [2.24, 2.45) is 4.36 Å². The summed E-state index contributed by atoms with van der Waals surface area (Å²) in [5.74, 6) is -1.15. The van der Waals surface area contributed by atoms with Crippen LogP contribution in [0.3, 0.4) is 0 Å². The van der Waals surface area contributed by atoms with Crippen molar-refractivity contribution in [2.75, 3.05) is 6.26 Å². The van der Waals surface area contributed by atoms with Gasteiger partial charge in [-0.1, -0.05) is 58.4 Å². The van der Waals surface area contributed by atoms with Gasteiger partial charge in [0, 0.05) is 27.5 Å². The fourth-order valence-electron chi connectivity index (χ4n) is 2.95. The average molecular weight is 501 g/mol. The van der Waals surface area contributed by atoms with E-state index in [1.165, 1.54) is 23.5 Å². The number of nitriles is 1. The molecule has 0 spiro atoms. The van der Waals surface area contributed by atoms with Crippen LogP contribution in [0.25, 0.3) is 6.08 Å². The fraction of sp³-hybridized carbons (Fsp3) is 0.208. The summed E-state index contributed by atoms with van der Waals surface area (Å²) in [7, 11) is -0.625. The Morgan fingerprint density at radius 3 is 2.79 bits per heavy atom. The standard InChI is InChI=1S/C24H22ClFN4OS2/c1-5-16-13-29-23(32-16)30-33(4)17-7-8-18(21(26)11-17)22(31)28-12-15-6-9-20(25)19(10-15)24(2,3)14-27/h5-11,13H,1,12H2,2-4H3,(H,28,31). The molecule has 2 aromatic carbocycles. The van der Waals surface area contributed by atoms with Gasteiger partial charge >= 0.3 is 0 Å². The van der Waals surface area contributed by atoms with E-state index in [-0.39, 0.29) is 12.1 Å². The third-order valence-electron chi connectivity index (χ3n) is 4.89. The van der Waals surface area contributed by atoms with Crippen LogP contribution in [0.4, 0.5) is 9.52 Å². The number of benzene rings is 2. The number of halogens is 2. The molecule has 1 unspecified atom stereocenters. The number of amides is 1. The van der Waals surface area contributed by atoms with E-state index in [2.05, 4.69) is 27.3 Å². The second-order valence-corrected chi connectivity index (χ2v) is 10.8. The third-order valence-corrected chi connectivity index (χ3v) is 7.61. The maximum atomic E-state index is 14.7. The number of hydrogen-bond acceptors (Lipinski definition) is 5. The number of carbonyl (C=O) groups excluding carboxylic acids is 1. The summed E-state index contributed by atoms with van der Waals surface area (Å²) in [6, 6.07) is 12.0. The fourth-order valence-corrected chi connectivity index (χ4v) is 5.22. The van der Waals surface area contributed by atoms with Crippen LogP contribution >= 0.6 is 22.9 Å². The molecule has 0 aliphatic heterocycles. The zero-order chi connectivity index (χ0) is 24.2. The van der Waals surface area contributed by atoms with E-state index in [4.69, 9.17) is 11.6 Å². The minimum absolute atomic E-state index is 0.0505. The van der Waals surface area contributed by atoms with Crippen molar-refractivity contribution >= 4 is 50.7 Å². The topological polar surface area (TPSA) is 78.1 Å². The second-order valence-electron chi connectivity index (χ2n) is 7.69. The SMILES string of the molecule is C=Cc1cnc(N=S(C)c2ccc(C(=O)NCc3ccc(Cl)c(C(C)(C)C#N)c3)c(F)c2)s1. The summed E-state index contributed by atoms with van der Waals surface area (Å²) in [5, 5.41) is 13.2. The number of hydrogen-bond donors (Lipinski definition) is 1. The van der Waals surface area contributed by atoms with Crippen molar-refractivity contribution in [3.8, 4) is 6.07 Å². The van der Waals surface area contributed by atoms with Crippen molar-refractivity contribution < 1.29 is 9.18 Å². The first kappa shape index (κ1) is 24.8. The summed E-state index contributed by atoms with van der Waals surface area (Å²) in [6.07, 6.45) is 5.25. The lowest BCUT2D eigenvalue weighted by atomic mass is 9.85. The monoisotopic (exact) mass is 500 g/mol. The maximum Gasteiger partial charge on any atom is 0.254 e. The predicted octanol–water partition coefficient (Wildman–Crippen LogP) is 6.43. The van der Waals surface area contributed by atoms with Gasteiger partial charge in [0.15, 0.2) is 0 Å². The van der Waals surface area contributed by atoms with Gasteiger partial charge in [-0.25, -0.2) is 9.37 Å². The number of aromatic nitrogens is 1. The van der Waals surface area contributed by atoms with Crippen LogP contribution in [0.2, 0.25) is 5.02 Å². The molecule has 1 amide bonds. The Kier molecular flexibility index (Phi) is 7.80. The lowest BCUT2D eigenvalue weighted by Crippen LogP contribution is -2.24. The summed E-state index contributed by atoms with van der Waals surface area (Å²) in [4.78, 5) is 18.4. The number of nitrogens with one attached hydrogen (secondary N) is 1. The highest BCUT2D eigenvalue weighted by molar-refractivity contribution is 7.86. The molecule has 0 aliphatic rings. The molecule has 3 aromatic rings. The van der Waals surface area contributed by atoms with Gasteiger partial charge in [0.25, 0.3) is 5.91 Å². The van der Waals surface area contributed by atoms with Gasteiger partial charge < -0.3 is 5.32 Å². The minimum Gasteiger partial charge on any atom is -0.348 e. The Morgan fingerprint density at radius 1 is 1.39 bits per heavy atom. The van der Waals surface area contributed by atoms with E-state index < -0.39 is 27.8 Å². The van der Waals surface area contributed by atoms with Crippen molar-refractivity contribution in [2.45, 2.75) is 30.7 Å². The van der Waals surface area contributed by atoms with E-state index in [0.717, 1.165) is 10.4 Å². The molecule has 0 bridgehead atoms. The number of carbonyl (C=O) groups is 1. The number of nitrogens with zero attached hydrogens (tertiary/aromatic N) is 3.